The number of rotatable bonds is 3. The molecule has 1 rings (SSSR count). The molecule has 0 saturated heterocycles. The molecule has 66 valence electrons. The summed E-state index contributed by atoms with van der Waals surface area (Å²) in [5.41, 5.74) is 1.29. The molecule has 0 saturated carbocycles. The van der Waals surface area contributed by atoms with Gasteiger partial charge in [0.2, 0.25) is 0 Å². The summed E-state index contributed by atoms with van der Waals surface area (Å²) in [6.07, 6.45) is 3.65. The lowest BCUT2D eigenvalue weighted by Gasteiger charge is -2.16. The standard InChI is InChI=1S/C10H16N2/c1-8(2)12-9(3)10-4-6-11-7-5-10/h4-9,12H,1-3H3/t9-/m0/s1. The lowest BCUT2D eigenvalue weighted by atomic mass is 10.1. The van der Waals surface area contributed by atoms with Gasteiger partial charge in [0.25, 0.3) is 0 Å². The molecule has 1 heterocycles. The minimum Gasteiger partial charge on any atom is -0.308 e. The van der Waals surface area contributed by atoms with Crippen molar-refractivity contribution < 1.29 is 0 Å². The van der Waals surface area contributed by atoms with Crippen molar-refractivity contribution in [3.05, 3.63) is 30.1 Å². The maximum atomic E-state index is 3.98. The molecular formula is C10H16N2. The van der Waals surface area contributed by atoms with Crippen LogP contribution in [0, 0.1) is 0 Å². The quantitative estimate of drug-likeness (QED) is 0.740. The first-order valence-corrected chi connectivity index (χ1v) is 4.36. The van der Waals surface area contributed by atoms with E-state index in [4.69, 9.17) is 0 Å². The van der Waals surface area contributed by atoms with Gasteiger partial charge in [0.15, 0.2) is 0 Å². The molecule has 0 aliphatic rings. The Morgan fingerprint density at radius 3 is 2.25 bits per heavy atom. The topological polar surface area (TPSA) is 24.9 Å². The minimum atomic E-state index is 0.410. The fourth-order valence-electron chi connectivity index (χ4n) is 1.25. The Hall–Kier alpha value is -0.890. The number of aromatic nitrogens is 1. The number of hydrogen-bond acceptors (Lipinski definition) is 2. The minimum absolute atomic E-state index is 0.410. The zero-order valence-electron chi connectivity index (χ0n) is 7.91. The highest BCUT2D eigenvalue weighted by molar-refractivity contribution is 5.13. The van der Waals surface area contributed by atoms with Crippen molar-refractivity contribution in [2.75, 3.05) is 0 Å². The lowest BCUT2D eigenvalue weighted by molar-refractivity contribution is 0.506. The monoisotopic (exact) mass is 164 g/mol. The van der Waals surface area contributed by atoms with Gasteiger partial charge < -0.3 is 5.32 Å². The van der Waals surface area contributed by atoms with Gasteiger partial charge >= 0.3 is 0 Å². The molecule has 0 radical (unpaired) electrons. The molecule has 0 bridgehead atoms. The highest BCUT2D eigenvalue weighted by Crippen LogP contribution is 2.10. The van der Waals surface area contributed by atoms with Crippen LogP contribution in [0.3, 0.4) is 0 Å². The Labute approximate surface area is 74.0 Å². The third-order valence-electron chi connectivity index (χ3n) is 1.79. The van der Waals surface area contributed by atoms with E-state index in [1.807, 2.05) is 24.5 Å². The van der Waals surface area contributed by atoms with Crippen LogP contribution in [0.5, 0.6) is 0 Å². The Morgan fingerprint density at radius 2 is 1.75 bits per heavy atom. The second-order valence-electron chi connectivity index (χ2n) is 3.32. The lowest BCUT2D eigenvalue weighted by Crippen LogP contribution is -2.25. The number of hydrogen-bond donors (Lipinski definition) is 1. The van der Waals surface area contributed by atoms with Gasteiger partial charge in [-0.3, -0.25) is 4.98 Å². The molecule has 2 heteroatoms. The normalized spacial score (nSPS) is 13.3. The van der Waals surface area contributed by atoms with E-state index < -0.39 is 0 Å². The van der Waals surface area contributed by atoms with Crippen LogP contribution < -0.4 is 5.32 Å². The van der Waals surface area contributed by atoms with Crippen LogP contribution in [0.1, 0.15) is 32.4 Å². The number of nitrogens with one attached hydrogen (secondary N) is 1. The van der Waals surface area contributed by atoms with Crippen LogP contribution in [0.2, 0.25) is 0 Å². The molecule has 1 aromatic heterocycles. The zero-order valence-corrected chi connectivity index (χ0v) is 7.91. The Morgan fingerprint density at radius 1 is 1.17 bits per heavy atom. The molecule has 1 atom stereocenters. The van der Waals surface area contributed by atoms with E-state index in [-0.39, 0.29) is 0 Å². The molecule has 1 aromatic rings. The average molecular weight is 164 g/mol. The Kier molecular flexibility index (Phi) is 3.23. The maximum Gasteiger partial charge on any atom is 0.0295 e. The van der Waals surface area contributed by atoms with E-state index in [0.29, 0.717) is 12.1 Å². The molecule has 0 unspecified atom stereocenters. The van der Waals surface area contributed by atoms with Gasteiger partial charge in [-0.2, -0.15) is 0 Å². The van der Waals surface area contributed by atoms with E-state index in [9.17, 15) is 0 Å². The van der Waals surface area contributed by atoms with Crippen LogP contribution in [0.25, 0.3) is 0 Å². The maximum absolute atomic E-state index is 3.98. The Bertz CT molecular complexity index is 219. The van der Waals surface area contributed by atoms with Crippen molar-refractivity contribution in [2.24, 2.45) is 0 Å². The van der Waals surface area contributed by atoms with E-state index in [2.05, 4.69) is 31.1 Å². The number of nitrogens with zero attached hydrogens (tertiary/aromatic N) is 1. The van der Waals surface area contributed by atoms with Gasteiger partial charge in [0, 0.05) is 24.5 Å². The van der Waals surface area contributed by atoms with Gasteiger partial charge in [0.1, 0.15) is 0 Å². The van der Waals surface area contributed by atoms with Gasteiger partial charge in [-0.05, 0) is 24.6 Å². The molecule has 0 fully saturated rings. The van der Waals surface area contributed by atoms with Crippen molar-refractivity contribution in [2.45, 2.75) is 32.9 Å². The van der Waals surface area contributed by atoms with Crippen LogP contribution >= 0.6 is 0 Å². The van der Waals surface area contributed by atoms with Crippen molar-refractivity contribution >= 4 is 0 Å². The summed E-state index contributed by atoms with van der Waals surface area (Å²) in [6.45, 7) is 6.46. The van der Waals surface area contributed by atoms with Crippen molar-refractivity contribution in [3.8, 4) is 0 Å². The van der Waals surface area contributed by atoms with Gasteiger partial charge in [-0.1, -0.05) is 13.8 Å². The van der Waals surface area contributed by atoms with Gasteiger partial charge in [-0.25, -0.2) is 0 Å². The summed E-state index contributed by atoms with van der Waals surface area (Å²) in [4.78, 5) is 3.98. The second-order valence-corrected chi connectivity index (χ2v) is 3.32. The molecule has 0 aliphatic heterocycles. The van der Waals surface area contributed by atoms with Crippen LogP contribution in [0.15, 0.2) is 24.5 Å². The van der Waals surface area contributed by atoms with E-state index in [0.717, 1.165) is 0 Å². The van der Waals surface area contributed by atoms with E-state index >= 15 is 0 Å². The van der Waals surface area contributed by atoms with Crippen molar-refractivity contribution in [1.82, 2.24) is 10.3 Å². The van der Waals surface area contributed by atoms with Gasteiger partial charge in [-0.15, -0.1) is 0 Å². The third kappa shape index (κ3) is 2.62. The first-order valence-electron chi connectivity index (χ1n) is 4.36. The second kappa shape index (κ2) is 4.21. The summed E-state index contributed by atoms with van der Waals surface area (Å²) in [5.74, 6) is 0. The van der Waals surface area contributed by atoms with E-state index in [1.165, 1.54) is 5.56 Å². The molecule has 0 aliphatic carbocycles. The van der Waals surface area contributed by atoms with Gasteiger partial charge in [0.05, 0.1) is 0 Å². The average Bonchev–Trinajstić information content (AvgIpc) is 2.05. The molecule has 1 N–H and O–H groups in total. The number of pyridine rings is 1. The zero-order chi connectivity index (χ0) is 8.97. The van der Waals surface area contributed by atoms with E-state index in [1.54, 1.807) is 0 Å². The predicted octanol–water partition coefficient (Wildman–Crippen LogP) is 2.14. The predicted molar refractivity (Wildman–Crippen MR) is 50.9 cm³/mol. The smallest absolute Gasteiger partial charge is 0.0295 e. The molecule has 2 nitrogen and oxygen atoms in total. The highest BCUT2D eigenvalue weighted by Gasteiger charge is 2.04. The first-order chi connectivity index (χ1) is 5.70. The SMILES string of the molecule is CC(C)N[C@@H](C)c1ccncc1. The summed E-state index contributed by atoms with van der Waals surface area (Å²) >= 11 is 0. The molecule has 0 amide bonds. The summed E-state index contributed by atoms with van der Waals surface area (Å²) in [5, 5.41) is 3.43. The summed E-state index contributed by atoms with van der Waals surface area (Å²) in [7, 11) is 0. The molecule has 0 aromatic carbocycles. The largest absolute Gasteiger partial charge is 0.308 e. The first kappa shape index (κ1) is 9.20. The molecular weight excluding hydrogens is 148 g/mol. The Balaban J connectivity index is 2.59. The highest BCUT2D eigenvalue weighted by atomic mass is 14.9. The summed E-state index contributed by atoms with van der Waals surface area (Å²) in [6, 6.07) is 5.02. The van der Waals surface area contributed by atoms with Crippen LogP contribution in [0.4, 0.5) is 0 Å². The summed E-state index contributed by atoms with van der Waals surface area (Å²) < 4.78 is 0. The fourth-order valence-corrected chi connectivity index (χ4v) is 1.25. The molecule has 12 heavy (non-hydrogen) atoms. The van der Waals surface area contributed by atoms with Crippen LogP contribution in [-0.2, 0) is 0 Å². The third-order valence-corrected chi connectivity index (χ3v) is 1.79. The van der Waals surface area contributed by atoms with Crippen LogP contribution in [-0.4, -0.2) is 11.0 Å². The molecule has 0 spiro atoms. The fraction of sp³-hybridized carbons (Fsp3) is 0.500. The van der Waals surface area contributed by atoms with Crippen molar-refractivity contribution in [3.63, 3.8) is 0 Å². The van der Waals surface area contributed by atoms with Crippen molar-refractivity contribution in [1.29, 1.82) is 0 Å².